The van der Waals surface area contributed by atoms with Gasteiger partial charge in [-0.2, -0.15) is 0 Å². The molecule has 0 aromatic heterocycles. The zero-order valence-electron chi connectivity index (χ0n) is 12.4. The normalized spacial score (nSPS) is 24.6. The zero-order valence-corrected chi connectivity index (χ0v) is 12.4. The summed E-state index contributed by atoms with van der Waals surface area (Å²) < 4.78 is 22.3. The van der Waals surface area contributed by atoms with Crippen molar-refractivity contribution in [3.05, 3.63) is 42.5 Å². The Balaban J connectivity index is 2.05. The summed E-state index contributed by atoms with van der Waals surface area (Å²) in [5, 5.41) is 0. The average Bonchev–Trinajstić information content (AvgIpc) is 2.54. The Hall–Kier alpha value is -1.96. The van der Waals surface area contributed by atoms with E-state index in [1.807, 2.05) is 30.3 Å². The van der Waals surface area contributed by atoms with Gasteiger partial charge in [-0.25, -0.2) is 0 Å². The maximum Gasteiger partial charge on any atom is 0.184 e. The summed E-state index contributed by atoms with van der Waals surface area (Å²) in [6, 6.07) is 7.63. The fourth-order valence-electron chi connectivity index (χ4n) is 2.13. The molecule has 0 unspecified atom stereocenters. The van der Waals surface area contributed by atoms with Crippen LogP contribution in [0.15, 0.2) is 36.9 Å². The quantitative estimate of drug-likeness (QED) is 0.616. The minimum atomic E-state index is -0.407. The van der Waals surface area contributed by atoms with Crippen molar-refractivity contribution in [1.29, 1.82) is 0 Å². The van der Waals surface area contributed by atoms with Crippen molar-refractivity contribution in [3.63, 3.8) is 0 Å². The van der Waals surface area contributed by atoms with Gasteiger partial charge >= 0.3 is 0 Å². The predicted octanol–water partition coefficient (Wildman–Crippen LogP) is 3.05. The summed E-state index contributed by atoms with van der Waals surface area (Å²) >= 11 is 0. The molecular formula is C17H20O4. The van der Waals surface area contributed by atoms with Crippen LogP contribution in [0.1, 0.15) is 25.2 Å². The van der Waals surface area contributed by atoms with Gasteiger partial charge in [-0.3, -0.25) is 0 Å². The molecule has 1 aliphatic rings. The smallest absolute Gasteiger partial charge is 0.184 e. The van der Waals surface area contributed by atoms with E-state index < -0.39 is 6.29 Å². The van der Waals surface area contributed by atoms with Gasteiger partial charge < -0.3 is 18.9 Å². The van der Waals surface area contributed by atoms with Gasteiger partial charge in [-0.15, -0.1) is 6.58 Å². The van der Waals surface area contributed by atoms with E-state index in [9.17, 15) is 0 Å². The molecule has 2 rings (SSSR count). The second-order valence-electron chi connectivity index (χ2n) is 4.65. The second-order valence-corrected chi connectivity index (χ2v) is 4.65. The molecule has 4 nitrogen and oxygen atoms in total. The van der Waals surface area contributed by atoms with Gasteiger partial charge in [0, 0.05) is 12.5 Å². The monoisotopic (exact) mass is 288 g/mol. The molecule has 1 heterocycles. The van der Waals surface area contributed by atoms with Gasteiger partial charge in [0.15, 0.2) is 12.4 Å². The van der Waals surface area contributed by atoms with E-state index in [4.69, 9.17) is 18.9 Å². The first-order valence-electron chi connectivity index (χ1n) is 6.87. The SMILES string of the molecule is C=CC[C@@H]1O[C@H](c2ccc(OC)cc2)OC[C@H]1OC#CC. The molecule has 112 valence electrons. The second kappa shape index (κ2) is 7.72. The van der Waals surface area contributed by atoms with Crippen LogP contribution in [0.25, 0.3) is 0 Å². The largest absolute Gasteiger partial charge is 0.497 e. The Morgan fingerprint density at radius 2 is 2.14 bits per heavy atom. The molecule has 0 amide bonds. The van der Waals surface area contributed by atoms with E-state index >= 15 is 0 Å². The number of hydrogen-bond donors (Lipinski definition) is 0. The third kappa shape index (κ3) is 4.01. The van der Waals surface area contributed by atoms with Crippen molar-refractivity contribution in [1.82, 2.24) is 0 Å². The van der Waals surface area contributed by atoms with Gasteiger partial charge in [0.05, 0.1) is 13.7 Å². The molecule has 0 radical (unpaired) electrons. The number of methoxy groups -OCH3 is 1. The third-order valence-corrected chi connectivity index (χ3v) is 3.22. The van der Waals surface area contributed by atoms with Crippen LogP contribution < -0.4 is 4.74 Å². The Morgan fingerprint density at radius 3 is 2.76 bits per heavy atom. The van der Waals surface area contributed by atoms with Gasteiger partial charge in [0.25, 0.3) is 0 Å². The Morgan fingerprint density at radius 1 is 1.38 bits per heavy atom. The molecular weight excluding hydrogens is 268 g/mol. The molecule has 0 aliphatic carbocycles. The maximum atomic E-state index is 5.97. The molecule has 0 saturated carbocycles. The van der Waals surface area contributed by atoms with Crippen molar-refractivity contribution in [3.8, 4) is 17.8 Å². The highest BCUT2D eigenvalue weighted by Gasteiger charge is 2.33. The highest BCUT2D eigenvalue weighted by Crippen LogP contribution is 2.30. The van der Waals surface area contributed by atoms with E-state index in [2.05, 4.69) is 18.6 Å². The lowest BCUT2D eigenvalue weighted by atomic mass is 10.1. The van der Waals surface area contributed by atoms with Crippen LogP contribution >= 0.6 is 0 Å². The van der Waals surface area contributed by atoms with E-state index in [0.717, 1.165) is 11.3 Å². The lowest BCUT2D eigenvalue weighted by Crippen LogP contribution is -2.41. The molecule has 21 heavy (non-hydrogen) atoms. The van der Waals surface area contributed by atoms with E-state index in [-0.39, 0.29) is 12.2 Å². The first-order chi connectivity index (χ1) is 10.3. The van der Waals surface area contributed by atoms with Gasteiger partial charge in [0.2, 0.25) is 0 Å². The van der Waals surface area contributed by atoms with Crippen molar-refractivity contribution in [2.75, 3.05) is 13.7 Å². The first kappa shape index (κ1) is 15.4. The molecule has 0 bridgehead atoms. The maximum absolute atomic E-state index is 5.97. The Kier molecular flexibility index (Phi) is 5.68. The zero-order chi connectivity index (χ0) is 15.1. The van der Waals surface area contributed by atoms with Gasteiger partial charge in [-0.1, -0.05) is 24.1 Å². The molecule has 1 aromatic carbocycles. The van der Waals surface area contributed by atoms with Crippen molar-refractivity contribution >= 4 is 0 Å². The number of ether oxygens (including phenoxy) is 4. The third-order valence-electron chi connectivity index (χ3n) is 3.22. The van der Waals surface area contributed by atoms with Crippen LogP contribution in [0.4, 0.5) is 0 Å². The van der Waals surface area contributed by atoms with Crippen molar-refractivity contribution in [2.45, 2.75) is 31.8 Å². The highest BCUT2D eigenvalue weighted by molar-refractivity contribution is 5.28. The minimum Gasteiger partial charge on any atom is -0.497 e. The molecule has 1 aliphatic heterocycles. The van der Waals surface area contributed by atoms with Crippen molar-refractivity contribution in [2.24, 2.45) is 0 Å². The Labute approximate surface area is 125 Å². The van der Waals surface area contributed by atoms with Crippen LogP contribution in [0, 0.1) is 12.0 Å². The fraction of sp³-hybridized carbons (Fsp3) is 0.412. The number of benzene rings is 1. The molecule has 4 heteroatoms. The van der Waals surface area contributed by atoms with Crippen LogP contribution in [-0.2, 0) is 14.2 Å². The van der Waals surface area contributed by atoms with E-state index in [1.54, 1.807) is 14.0 Å². The summed E-state index contributed by atoms with van der Waals surface area (Å²) in [6.07, 6.45) is 4.39. The van der Waals surface area contributed by atoms with Crippen LogP contribution in [0.3, 0.4) is 0 Å². The highest BCUT2D eigenvalue weighted by atomic mass is 16.7. The summed E-state index contributed by atoms with van der Waals surface area (Å²) in [5.74, 6) is 3.51. The van der Waals surface area contributed by atoms with Crippen molar-refractivity contribution < 1.29 is 18.9 Å². The number of rotatable bonds is 5. The van der Waals surface area contributed by atoms with E-state index in [1.165, 1.54) is 0 Å². The van der Waals surface area contributed by atoms with E-state index in [0.29, 0.717) is 13.0 Å². The number of hydrogen-bond acceptors (Lipinski definition) is 4. The standard InChI is InChI=1S/C17H20O4/c1-4-6-15-16(19-11-5-2)12-20-17(21-15)13-7-9-14(18-3)10-8-13/h4,7-10,15-17H,1,6,12H2,2-3H3/t15-,16+,17+/m0/s1. The van der Waals surface area contributed by atoms with Crippen LogP contribution in [0.5, 0.6) is 5.75 Å². The van der Waals surface area contributed by atoms with Gasteiger partial charge in [0.1, 0.15) is 18.0 Å². The first-order valence-corrected chi connectivity index (χ1v) is 6.87. The summed E-state index contributed by atoms with van der Waals surface area (Å²) in [4.78, 5) is 0. The molecule has 3 atom stereocenters. The average molecular weight is 288 g/mol. The summed E-state index contributed by atoms with van der Waals surface area (Å²) in [7, 11) is 1.64. The van der Waals surface area contributed by atoms with Crippen LogP contribution in [0.2, 0.25) is 0 Å². The lowest BCUT2D eigenvalue weighted by molar-refractivity contribution is -0.254. The topological polar surface area (TPSA) is 36.9 Å². The predicted molar refractivity (Wildman–Crippen MR) is 79.7 cm³/mol. The molecule has 1 aromatic rings. The fourth-order valence-corrected chi connectivity index (χ4v) is 2.13. The molecule has 0 N–H and O–H groups in total. The molecule has 1 fully saturated rings. The summed E-state index contributed by atoms with van der Waals surface area (Å²) in [6.45, 7) is 5.92. The molecule has 0 spiro atoms. The minimum absolute atomic E-state index is 0.121. The van der Waals surface area contributed by atoms with Crippen LogP contribution in [-0.4, -0.2) is 25.9 Å². The molecule has 1 saturated heterocycles. The summed E-state index contributed by atoms with van der Waals surface area (Å²) in [5.41, 5.74) is 0.949. The van der Waals surface area contributed by atoms with Gasteiger partial charge in [-0.05, 0) is 18.6 Å². The lowest BCUT2D eigenvalue weighted by Gasteiger charge is -2.35. The Bertz CT molecular complexity index is 512.